The molecule has 2 aromatic heterocycles. The molecule has 0 unspecified atom stereocenters. The van der Waals surface area contributed by atoms with E-state index in [4.69, 9.17) is 4.42 Å². The van der Waals surface area contributed by atoms with Crippen molar-refractivity contribution in [2.24, 2.45) is 7.05 Å². The highest BCUT2D eigenvalue weighted by Gasteiger charge is 2.32. The Kier molecular flexibility index (Phi) is 6.72. The zero-order valence-corrected chi connectivity index (χ0v) is 24.4. The number of hydrogen-bond acceptors (Lipinski definition) is 5. The molecule has 1 saturated heterocycles. The van der Waals surface area contributed by atoms with Crippen LogP contribution in [-0.2, 0) is 17.1 Å². The highest BCUT2D eigenvalue weighted by atomic mass is 32.2. The van der Waals surface area contributed by atoms with Gasteiger partial charge in [0, 0.05) is 62.6 Å². The van der Waals surface area contributed by atoms with Crippen molar-refractivity contribution in [1.29, 1.82) is 0 Å². The maximum Gasteiger partial charge on any atom is 0.255 e. The molecule has 0 spiro atoms. The van der Waals surface area contributed by atoms with Gasteiger partial charge in [0.1, 0.15) is 28.8 Å². The Bertz CT molecular complexity index is 1960. The lowest BCUT2D eigenvalue weighted by molar-refractivity contribution is 0.0964. The van der Waals surface area contributed by atoms with Crippen LogP contribution in [0.2, 0.25) is 0 Å². The Balaban J connectivity index is 1.50. The average Bonchev–Trinajstić information content (AvgIpc) is 3.67. The molecule has 1 aliphatic rings. The van der Waals surface area contributed by atoms with Gasteiger partial charge in [-0.25, -0.2) is 17.2 Å². The molecule has 1 atom stereocenters. The van der Waals surface area contributed by atoms with Crippen LogP contribution < -0.4 is 14.5 Å². The van der Waals surface area contributed by atoms with Crippen molar-refractivity contribution in [3.05, 3.63) is 83.4 Å². The molecule has 11 heteroatoms. The highest BCUT2D eigenvalue weighted by molar-refractivity contribution is 7.92. The van der Waals surface area contributed by atoms with E-state index in [1.165, 1.54) is 48.7 Å². The van der Waals surface area contributed by atoms with Gasteiger partial charge >= 0.3 is 0 Å². The molecule has 1 N–H and O–H groups in total. The van der Waals surface area contributed by atoms with Crippen molar-refractivity contribution in [3.8, 4) is 11.3 Å². The van der Waals surface area contributed by atoms with Crippen molar-refractivity contribution in [3.63, 3.8) is 0 Å². The van der Waals surface area contributed by atoms with Gasteiger partial charge in [-0.1, -0.05) is 6.07 Å². The Morgan fingerprint density at radius 2 is 1.81 bits per heavy atom. The molecular formula is C31H30F2N4O4S. The normalized spacial score (nSPS) is 15.6. The number of anilines is 2. The number of nitrogens with one attached hydrogen (secondary N) is 1. The molecule has 8 nitrogen and oxygen atoms in total. The molecule has 5 aromatic rings. The van der Waals surface area contributed by atoms with Gasteiger partial charge in [0.25, 0.3) is 5.91 Å². The third kappa shape index (κ3) is 4.57. The first-order chi connectivity index (χ1) is 20.0. The van der Waals surface area contributed by atoms with E-state index < -0.39 is 15.8 Å². The van der Waals surface area contributed by atoms with E-state index in [0.29, 0.717) is 47.1 Å². The zero-order chi connectivity index (χ0) is 29.9. The summed E-state index contributed by atoms with van der Waals surface area (Å²) < 4.78 is 63.0. The number of furan rings is 1. The molecule has 1 fully saturated rings. The maximum absolute atomic E-state index is 14.5. The minimum absolute atomic E-state index is 0.0989. The smallest absolute Gasteiger partial charge is 0.255 e. The molecule has 0 aliphatic carbocycles. The Morgan fingerprint density at radius 1 is 1.07 bits per heavy atom. The van der Waals surface area contributed by atoms with Gasteiger partial charge in [-0.15, -0.1) is 0 Å². The van der Waals surface area contributed by atoms with Crippen molar-refractivity contribution in [2.45, 2.75) is 12.3 Å². The standard InChI is InChI=1S/C31H30F2N4O4S/c1-34-31(38)29-23-14-21(19-12-13-37(17-19)28-15-22-24(33)6-5-7-25(22)35(28)2)26(36(3)42(4,39)40)16-27(23)41-30(29)18-8-10-20(32)11-9-18/h5-11,14-16,19H,12-13,17H2,1-4H3,(H,34,38)/t19-/m0/s1. The topological polar surface area (TPSA) is 87.8 Å². The first kappa shape index (κ1) is 27.8. The molecule has 3 aromatic carbocycles. The molecule has 218 valence electrons. The quantitative estimate of drug-likeness (QED) is 0.277. The number of sulfonamides is 1. The van der Waals surface area contributed by atoms with Crippen LogP contribution in [0.3, 0.4) is 0 Å². The van der Waals surface area contributed by atoms with E-state index in [9.17, 15) is 22.0 Å². The fourth-order valence-corrected chi connectivity index (χ4v) is 6.43. The van der Waals surface area contributed by atoms with Gasteiger partial charge in [-0.3, -0.25) is 9.10 Å². The number of rotatable bonds is 6. The number of halogens is 2. The Hall–Kier alpha value is -4.38. The third-order valence-electron chi connectivity index (χ3n) is 8.19. The SMILES string of the molecule is CNC(=O)c1c(-c2ccc(F)cc2)oc2cc(N(C)S(C)(=O)=O)c([C@H]3CCN(c4cc5c(F)cccc5n4C)C3)cc12. The third-order valence-corrected chi connectivity index (χ3v) is 9.39. The van der Waals surface area contributed by atoms with Gasteiger partial charge in [-0.2, -0.15) is 0 Å². The molecular weight excluding hydrogens is 562 g/mol. The van der Waals surface area contributed by atoms with Gasteiger partial charge in [-0.05, 0) is 60.5 Å². The van der Waals surface area contributed by atoms with Crippen LogP contribution in [0.4, 0.5) is 20.3 Å². The Labute approximate surface area is 242 Å². The van der Waals surface area contributed by atoms with E-state index in [0.717, 1.165) is 23.2 Å². The van der Waals surface area contributed by atoms with Crippen LogP contribution in [-0.4, -0.2) is 52.3 Å². The zero-order valence-electron chi connectivity index (χ0n) is 23.6. The Morgan fingerprint density at radius 3 is 2.48 bits per heavy atom. The second-order valence-corrected chi connectivity index (χ2v) is 12.7. The fraction of sp³-hybridized carbons (Fsp3) is 0.258. The molecule has 42 heavy (non-hydrogen) atoms. The van der Waals surface area contributed by atoms with Gasteiger partial charge < -0.3 is 19.2 Å². The number of hydrogen-bond donors (Lipinski definition) is 1. The van der Waals surface area contributed by atoms with E-state index in [1.54, 1.807) is 12.1 Å². The first-order valence-electron chi connectivity index (χ1n) is 13.5. The average molecular weight is 593 g/mol. The summed E-state index contributed by atoms with van der Waals surface area (Å²) in [6, 6.07) is 16.0. The van der Waals surface area contributed by atoms with Crippen LogP contribution >= 0.6 is 0 Å². The lowest BCUT2D eigenvalue weighted by Gasteiger charge is -2.24. The second-order valence-electron chi connectivity index (χ2n) is 10.7. The molecule has 0 bridgehead atoms. The lowest BCUT2D eigenvalue weighted by atomic mass is 9.93. The number of benzene rings is 3. The summed E-state index contributed by atoms with van der Waals surface area (Å²) in [5.41, 5.74) is 3.12. The largest absolute Gasteiger partial charge is 0.455 e. The molecule has 1 amide bonds. The maximum atomic E-state index is 14.5. The van der Waals surface area contributed by atoms with E-state index in [-0.39, 0.29) is 29.0 Å². The van der Waals surface area contributed by atoms with Crippen LogP contribution in [0.15, 0.2) is 65.1 Å². The number of carbonyl (C=O) groups is 1. The summed E-state index contributed by atoms with van der Waals surface area (Å²) in [5, 5.41) is 3.73. The number of amides is 1. The number of nitrogens with zero attached hydrogens (tertiary/aromatic N) is 3. The summed E-state index contributed by atoms with van der Waals surface area (Å²) in [7, 11) is 1.27. The van der Waals surface area contributed by atoms with Crippen LogP contribution in [0.25, 0.3) is 33.2 Å². The van der Waals surface area contributed by atoms with Crippen LogP contribution in [0.5, 0.6) is 0 Å². The summed E-state index contributed by atoms with van der Waals surface area (Å²) >= 11 is 0. The van der Waals surface area contributed by atoms with E-state index in [2.05, 4.69) is 10.2 Å². The van der Waals surface area contributed by atoms with Gasteiger partial charge in [0.05, 0.1) is 23.0 Å². The minimum atomic E-state index is -3.64. The van der Waals surface area contributed by atoms with E-state index >= 15 is 0 Å². The van der Waals surface area contributed by atoms with Crippen LogP contribution in [0, 0.1) is 11.6 Å². The lowest BCUT2D eigenvalue weighted by Crippen LogP contribution is -2.27. The monoisotopic (exact) mass is 592 g/mol. The highest BCUT2D eigenvalue weighted by Crippen LogP contribution is 2.43. The predicted octanol–water partition coefficient (Wildman–Crippen LogP) is 5.62. The predicted molar refractivity (Wildman–Crippen MR) is 161 cm³/mol. The van der Waals surface area contributed by atoms with Crippen molar-refractivity contribution in [1.82, 2.24) is 9.88 Å². The van der Waals surface area contributed by atoms with Crippen molar-refractivity contribution < 1.29 is 26.4 Å². The molecule has 1 aliphatic heterocycles. The number of carbonyl (C=O) groups excluding carboxylic acids is 1. The summed E-state index contributed by atoms with van der Waals surface area (Å²) in [5.74, 6) is -0.0571. The summed E-state index contributed by atoms with van der Waals surface area (Å²) in [6.07, 6.45) is 1.84. The molecule has 6 rings (SSSR count). The summed E-state index contributed by atoms with van der Waals surface area (Å²) in [6.45, 7) is 1.23. The number of fused-ring (bicyclic) bond motifs is 2. The molecule has 0 radical (unpaired) electrons. The van der Waals surface area contributed by atoms with Crippen molar-refractivity contribution in [2.75, 3.05) is 42.6 Å². The minimum Gasteiger partial charge on any atom is -0.455 e. The molecule has 3 heterocycles. The van der Waals surface area contributed by atoms with Crippen molar-refractivity contribution >= 4 is 49.3 Å². The number of aromatic nitrogens is 1. The van der Waals surface area contributed by atoms with E-state index in [1.807, 2.05) is 29.8 Å². The van der Waals surface area contributed by atoms with Gasteiger partial charge in [0.15, 0.2) is 0 Å². The fourth-order valence-electron chi connectivity index (χ4n) is 5.92. The van der Waals surface area contributed by atoms with Gasteiger partial charge in [0.2, 0.25) is 10.0 Å². The first-order valence-corrected chi connectivity index (χ1v) is 15.3. The second kappa shape index (κ2) is 10.2. The molecule has 0 saturated carbocycles. The van der Waals surface area contributed by atoms with Crippen LogP contribution in [0.1, 0.15) is 28.3 Å². The number of aryl methyl sites for hydroxylation is 1. The summed E-state index contributed by atoms with van der Waals surface area (Å²) in [4.78, 5) is 15.3.